The number of fused-ring (bicyclic) bond motifs is 1. The highest BCUT2D eigenvalue weighted by atomic mass is 16.5. The van der Waals surface area contributed by atoms with Crippen LogP contribution in [0.5, 0.6) is 11.6 Å². The minimum Gasteiger partial charge on any atom is -0.508 e. The van der Waals surface area contributed by atoms with Gasteiger partial charge in [0.2, 0.25) is 23.6 Å². The van der Waals surface area contributed by atoms with Gasteiger partial charge in [-0.25, -0.2) is 15.0 Å². The highest BCUT2D eigenvalue weighted by Gasteiger charge is 2.51. The summed E-state index contributed by atoms with van der Waals surface area (Å²) in [5.41, 5.74) is 4.45. The number of piperazine rings is 1. The molecule has 0 unspecified atom stereocenters. The third-order valence-corrected chi connectivity index (χ3v) is 8.84. The van der Waals surface area contributed by atoms with E-state index in [0.29, 0.717) is 18.8 Å². The van der Waals surface area contributed by atoms with E-state index in [1.54, 1.807) is 63.5 Å². The number of rotatable bonds is 11. The maximum absolute atomic E-state index is 14.4. The van der Waals surface area contributed by atoms with Crippen molar-refractivity contribution in [3.05, 3.63) is 127 Å². The van der Waals surface area contributed by atoms with Gasteiger partial charge >= 0.3 is 0 Å². The molecule has 0 saturated carbocycles. The lowest BCUT2D eigenvalue weighted by Gasteiger charge is -2.55. The van der Waals surface area contributed by atoms with E-state index in [-0.39, 0.29) is 55.9 Å². The van der Waals surface area contributed by atoms with Gasteiger partial charge < -0.3 is 19.6 Å². The minimum absolute atomic E-state index is 0.0477. The number of amides is 3. The molecule has 10 nitrogen and oxygen atoms in total. The summed E-state index contributed by atoms with van der Waals surface area (Å²) in [6.45, 7) is 4.54. The van der Waals surface area contributed by atoms with Crippen LogP contribution in [0.4, 0.5) is 0 Å². The molecule has 10 heteroatoms. The molecule has 3 aromatic carbocycles. The van der Waals surface area contributed by atoms with Gasteiger partial charge in [0.05, 0.1) is 20.2 Å². The first-order valence-electron chi connectivity index (χ1n) is 16.0. The van der Waals surface area contributed by atoms with E-state index in [9.17, 15) is 19.5 Å². The molecular formula is C38H39N5O5. The third-order valence-electron chi connectivity index (χ3n) is 8.84. The molecule has 2 atom stereocenters. The first-order valence-corrected chi connectivity index (χ1v) is 16.0. The average Bonchev–Trinajstić information content (AvgIpc) is 3.10. The quantitative estimate of drug-likeness (QED) is 0.240. The summed E-state index contributed by atoms with van der Waals surface area (Å²) in [4.78, 5) is 50.0. The Hall–Kier alpha value is -5.48. The lowest BCUT2D eigenvalue weighted by Crippen LogP contribution is -2.75. The summed E-state index contributed by atoms with van der Waals surface area (Å²) in [5, 5.41) is 13.3. The number of phenolic OH excluding ortho intramolecular Hbond substituents is 1. The maximum Gasteiger partial charge on any atom is 0.246 e. The smallest absolute Gasteiger partial charge is 0.246 e. The molecule has 0 spiro atoms. The average molecular weight is 646 g/mol. The molecule has 246 valence electrons. The highest BCUT2D eigenvalue weighted by Crippen LogP contribution is 2.32. The number of hydrogen-bond donors (Lipinski definition) is 1. The standard InChI is InChI=1S/C38H39N5O5/c1-3-21-41-26-36(46)42-33(23-28-14-17-31(44)18-15-28)38(47)40(25-34(42)43(41)35(45)19-16-27-9-5-4-6-10-27)24-29-11-7-12-30(22-29)32-13-8-20-39-37(32)48-2/h3-15,17-18,20,22,33-34,44H,1,16,19,21,23-26H2,2H3/t33-,34-/m0/s1. The van der Waals surface area contributed by atoms with Crippen molar-refractivity contribution in [2.75, 3.05) is 26.7 Å². The summed E-state index contributed by atoms with van der Waals surface area (Å²) >= 11 is 0. The number of hydrogen-bond acceptors (Lipinski definition) is 7. The Morgan fingerprint density at radius 3 is 2.50 bits per heavy atom. The third kappa shape index (κ3) is 6.94. The fraction of sp³-hybridized carbons (Fsp3) is 0.263. The summed E-state index contributed by atoms with van der Waals surface area (Å²) in [5.74, 6) is 0.0532. The fourth-order valence-electron chi connectivity index (χ4n) is 6.60. The van der Waals surface area contributed by atoms with E-state index in [2.05, 4.69) is 11.6 Å². The molecule has 2 aliphatic heterocycles. The van der Waals surface area contributed by atoms with Gasteiger partial charge in [-0.3, -0.25) is 14.4 Å². The molecular weight excluding hydrogens is 606 g/mol. The monoisotopic (exact) mass is 645 g/mol. The van der Waals surface area contributed by atoms with Crippen LogP contribution in [0, 0.1) is 0 Å². The topological polar surface area (TPSA) is 107 Å². The van der Waals surface area contributed by atoms with Crippen molar-refractivity contribution in [2.45, 2.75) is 38.0 Å². The van der Waals surface area contributed by atoms with Crippen molar-refractivity contribution in [3.63, 3.8) is 0 Å². The number of methoxy groups -OCH3 is 1. The van der Waals surface area contributed by atoms with Crippen molar-refractivity contribution in [3.8, 4) is 22.8 Å². The van der Waals surface area contributed by atoms with Gasteiger partial charge in [0.1, 0.15) is 18.0 Å². The SMILES string of the molecule is C=CCN1CC(=O)N2[C@@H](Cc3ccc(O)cc3)C(=O)N(Cc3cccc(-c4cccnc4OC)c3)C[C@@H]2N1C(=O)CCc1ccccc1. The Morgan fingerprint density at radius 2 is 1.75 bits per heavy atom. The number of aryl methyl sites for hydroxylation is 1. The number of ether oxygens (including phenoxy) is 1. The number of pyridine rings is 1. The zero-order chi connectivity index (χ0) is 33.6. The summed E-state index contributed by atoms with van der Waals surface area (Å²) in [6.07, 6.45) is 3.66. The molecule has 0 bridgehead atoms. The highest BCUT2D eigenvalue weighted by molar-refractivity contribution is 5.92. The number of carbonyl (C=O) groups is 3. The van der Waals surface area contributed by atoms with Crippen LogP contribution in [0.1, 0.15) is 23.1 Å². The van der Waals surface area contributed by atoms with Gasteiger partial charge in [0.15, 0.2) is 0 Å². The van der Waals surface area contributed by atoms with Crippen molar-refractivity contribution < 1.29 is 24.2 Å². The van der Waals surface area contributed by atoms with Crippen molar-refractivity contribution in [1.82, 2.24) is 24.8 Å². The molecule has 2 fully saturated rings. The van der Waals surface area contributed by atoms with Crippen LogP contribution in [0.15, 0.2) is 110 Å². The van der Waals surface area contributed by atoms with E-state index in [1.165, 1.54) is 0 Å². The second-order valence-electron chi connectivity index (χ2n) is 12.0. The first kappa shape index (κ1) is 32.5. The van der Waals surface area contributed by atoms with Crippen LogP contribution in [0.2, 0.25) is 0 Å². The van der Waals surface area contributed by atoms with Gasteiger partial charge in [-0.1, -0.05) is 66.7 Å². The molecule has 1 aromatic heterocycles. The molecule has 0 aliphatic carbocycles. The van der Waals surface area contributed by atoms with Crippen LogP contribution in [-0.2, 0) is 33.8 Å². The summed E-state index contributed by atoms with van der Waals surface area (Å²) in [6, 6.07) is 27.3. The Bertz CT molecular complexity index is 1780. The normalized spacial score (nSPS) is 18.1. The lowest BCUT2D eigenvalue weighted by molar-refractivity contribution is -0.205. The number of nitrogens with zero attached hydrogens (tertiary/aromatic N) is 5. The second-order valence-corrected chi connectivity index (χ2v) is 12.0. The molecule has 0 radical (unpaired) electrons. The van der Waals surface area contributed by atoms with Crippen molar-refractivity contribution >= 4 is 17.7 Å². The lowest BCUT2D eigenvalue weighted by atomic mass is 9.97. The molecule has 2 aliphatic rings. The van der Waals surface area contributed by atoms with Gasteiger partial charge in [-0.05, 0) is 59.0 Å². The molecule has 4 aromatic rings. The number of hydrazine groups is 1. The van der Waals surface area contributed by atoms with Crippen LogP contribution in [-0.4, -0.2) is 86.6 Å². The Balaban J connectivity index is 1.35. The maximum atomic E-state index is 14.4. The van der Waals surface area contributed by atoms with E-state index in [4.69, 9.17) is 4.74 Å². The molecule has 48 heavy (non-hydrogen) atoms. The molecule has 3 amide bonds. The fourth-order valence-corrected chi connectivity index (χ4v) is 6.60. The van der Waals surface area contributed by atoms with Gasteiger partial charge in [0, 0.05) is 37.7 Å². The Kier molecular flexibility index (Phi) is 9.82. The second kappa shape index (κ2) is 14.5. The van der Waals surface area contributed by atoms with E-state index < -0.39 is 12.2 Å². The zero-order valence-electron chi connectivity index (χ0n) is 26.9. The first-order chi connectivity index (χ1) is 23.4. The Morgan fingerprint density at radius 1 is 0.979 bits per heavy atom. The predicted octanol–water partition coefficient (Wildman–Crippen LogP) is 4.45. The van der Waals surface area contributed by atoms with Crippen molar-refractivity contribution in [2.24, 2.45) is 0 Å². The number of carbonyl (C=O) groups excluding carboxylic acids is 3. The van der Waals surface area contributed by atoms with E-state index in [0.717, 1.165) is 27.8 Å². The minimum atomic E-state index is -0.849. The Labute approximate surface area is 280 Å². The molecule has 2 saturated heterocycles. The van der Waals surface area contributed by atoms with Gasteiger partial charge in [-0.2, -0.15) is 0 Å². The number of aromatic hydroxyl groups is 1. The largest absolute Gasteiger partial charge is 0.508 e. The van der Waals surface area contributed by atoms with Gasteiger partial charge in [0.25, 0.3) is 0 Å². The molecule has 6 rings (SSSR count). The summed E-state index contributed by atoms with van der Waals surface area (Å²) < 4.78 is 5.49. The number of aromatic nitrogens is 1. The number of phenols is 1. The van der Waals surface area contributed by atoms with E-state index in [1.807, 2.05) is 66.7 Å². The molecule has 1 N–H and O–H groups in total. The molecule has 3 heterocycles. The van der Waals surface area contributed by atoms with Crippen LogP contribution >= 0.6 is 0 Å². The van der Waals surface area contributed by atoms with Gasteiger partial charge in [-0.15, -0.1) is 6.58 Å². The van der Waals surface area contributed by atoms with E-state index >= 15 is 0 Å². The van der Waals surface area contributed by atoms with Crippen LogP contribution in [0.25, 0.3) is 11.1 Å². The summed E-state index contributed by atoms with van der Waals surface area (Å²) in [7, 11) is 1.58. The zero-order valence-corrected chi connectivity index (χ0v) is 26.9. The van der Waals surface area contributed by atoms with Crippen LogP contribution < -0.4 is 4.74 Å². The van der Waals surface area contributed by atoms with Crippen molar-refractivity contribution in [1.29, 1.82) is 0 Å². The predicted molar refractivity (Wildman–Crippen MR) is 181 cm³/mol. The number of benzene rings is 3. The van der Waals surface area contributed by atoms with Crippen LogP contribution in [0.3, 0.4) is 0 Å².